The van der Waals surface area contributed by atoms with Gasteiger partial charge in [0.2, 0.25) is 5.91 Å². The van der Waals surface area contributed by atoms with Crippen LogP contribution in [0.3, 0.4) is 0 Å². The number of anilines is 2. The minimum atomic E-state index is 0.0480. The highest BCUT2D eigenvalue weighted by atomic mass is 32.2. The van der Waals surface area contributed by atoms with E-state index < -0.39 is 0 Å². The fourth-order valence-electron chi connectivity index (χ4n) is 3.46. The molecule has 0 radical (unpaired) electrons. The smallest absolute Gasteiger partial charge is 0.238 e. The third-order valence-electron chi connectivity index (χ3n) is 5.17. The van der Waals surface area contributed by atoms with Crippen LogP contribution in [0.15, 0.2) is 60.0 Å². The first-order chi connectivity index (χ1) is 13.6. The van der Waals surface area contributed by atoms with E-state index in [9.17, 15) is 4.79 Å². The van der Waals surface area contributed by atoms with Gasteiger partial charge in [-0.15, -0.1) is 18.3 Å². The number of rotatable bonds is 7. The van der Waals surface area contributed by atoms with Crippen molar-refractivity contribution in [3.05, 3.63) is 66.2 Å². The van der Waals surface area contributed by atoms with Crippen molar-refractivity contribution >= 4 is 29.0 Å². The van der Waals surface area contributed by atoms with Crippen molar-refractivity contribution in [1.82, 2.24) is 4.90 Å². The lowest BCUT2D eigenvalue weighted by molar-refractivity contribution is -0.117. The average molecular weight is 396 g/mol. The molecule has 3 rings (SSSR count). The molecule has 4 nitrogen and oxygen atoms in total. The Morgan fingerprint density at radius 2 is 1.86 bits per heavy atom. The first kappa shape index (κ1) is 20.5. The van der Waals surface area contributed by atoms with Crippen LogP contribution in [0, 0.1) is 13.8 Å². The lowest BCUT2D eigenvalue weighted by Crippen LogP contribution is -2.48. The second-order valence-electron chi connectivity index (χ2n) is 7.13. The third-order valence-corrected chi connectivity index (χ3v) is 6.24. The fraction of sp³-hybridized carbons (Fsp3) is 0.348. The highest BCUT2D eigenvalue weighted by Crippen LogP contribution is 2.27. The van der Waals surface area contributed by atoms with Crippen molar-refractivity contribution in [2.45, 2.75) is 18.7 Å². The number of thioether (sulfide) groups is 1. The Morgan fingerprint density at radius 1 is 1.11 bits per heavy atom. The van der Waals surface area contributed by atoms with Crippen molar-refractivity contribution in [1.29, 1.82) is 0 Å². The van der Waals surface area contributed by atoms with Gasteiger partial charge >= 0.3 is 0 Å². The number of piperazine rings is 1. The van der Waals surface area contributed by atoms with Crippen LogP contribution in [0.2, 0.25) is 0 Å². The summed E-state index contributed by atoms with van der Waals surface area (Å²) in [4.78, 5) is 18.3. The number of benzene rings is 2. The van der Waals surface area contributed by atoms with Crippen LogP contribution in [-0.2, 0) is 4.79 Å². The lowest BCUT2D eigenvalue weighted by Gasteiger charge is -2.36. The van der Waals surface area contributed by atoms with Crippen molar-refractivity contribution in [3.8, 4) is 0 Å². The number of para-hydroxylation sites is 1. The number of aryl methyl sites for hydroxylation is 1. The topological polar surface area (TPSA) is 35.6 Å². The number of hydrogen-bond acceptors (Lipinski definition) is 4. The molecule has 148 valence electrons. The van der Waals surface area contributed by atoms with Crippen molar-refractivity contribution in [2.75, 3.05) is 48.7 Å². The molecule has 0 aliphatic carbocycles. The second-order valence-corrected chi connectivity index (χ2v) is 8.19. The Kier molecular flexibility index (Phi) is 7.18. The summed E-state index contributed by atoms with van der Waals surface area (Å²) in [5.74, 6) is 0.875. The van der Waals surface area contributed by atoms with Gasteiger partial charge in [-0.3, -0.25) is 9.69 Å². The number of nitrogens with one attached hydrogen (secondary N) is 1. The first-order valence-corrected chi connectivity index (χ1v) is 10.7. The van der Waals surface area contributed by atoms with Gasteiger partial charge in [-0.2, -0.15) is 0 Å². The molecular formula is C23H29N3OS. The molecule has 1 amide bonds. The largest absolute Gasteiger partial charge is 0.369 e. The number of carbonyl (C=O) groups is 1. The van der Waals surface area contributed by atoms with Crippen molar-refractivity contribution in [2.24, 2.45) is 0 Å². The summed E-state index contributed by atoms with van der Waals surface area (Å²) in [7, 11) is 0. The summed E-state index contributed by atoms with van der Waals surface area (Å²) in [6.07, 6.45) is 1.87. The maximum atomic E-state index is 12.6. The van der Waals surface area contributed by atoms with E-state index in [1.54, 1.807) is 11.8 Å². The van der Waals surface area contributed by atoms with Gasteiger partial charge in [-0.1, -0.05) is 30.3 Å². The molecule has 0 atom stereocenters. The SMILES string of the molecule is C=CCSc1ccccc1NC(=O)CN1CCN(c2cccc(C)c2C)CC1. The maximum Gasteiger partial charge on any atom is 0.238 e. The minimum absolute atomic E-state index is 0.0480. The molecule has 0 spiro atoms. The zero-order chi connectivity index (χ0) is 19.9. The van der Waals surface area contributed by atoms with Gasteiger partial charge in [-0.25, -0.2) is 0 Å². The summed E-state index contributed by atoms with van der Waals surface area (Å²) in [6, 6.07) is 14.4. The van der Waals surface area contributed by atoms with E-state index in [0.717, 1.165) is 42.5 Å². The Balaban J connectivity index is 1.53. The van der Waals surface area contributed by atoms with Crippen molar-refractivity contribution < 1.29 is 4.79 Å². The standard InChI is InChI=1S/C23H29N3OS/c1-4-16-28-22-11-6-5-9-20(22)24-23(27)17-25-12-14-26(15-13-25)21-10-7-8-18(2)19(21)3/h4-11H,1,12-17H2,2-3H3,(H,24,27). The van der Waals surface area contributed by atoms with E-state index in [0.29, 0.717) is 6.54 Å². The number of nitrogens with zero attached hydrogens (tertiary/aromatic N) is 2. The van der Waals surface area contributed by atoms with Crippen LogP contribution in [-0.4, -0.2) is 49.3 Å². The molecule has 1 N–H and O–H groups in total. The first-order valence-electron chi connectivity index (χ1n) is 9.74. The van der Waals surface area contributed by atoms with Gasteiger partial charge in [-0.05, 0) is 43.2 Å². The van der Waals surface area contributed by atoms with Crippen LogP contribution in [0.1, 0.15) is 11.1 Å². The predicted molar refractivity (Wildman–Crippen MR) is 121 cm³/mol. The summed E-state index contributed by atoms with van der Waals surface area (Å²) in [5.41, 5.74) is 4.88. The molecule has 0 unspecified atom stereocenters. The van der Waals surface area contributed by atoms with Gasteiger partial charge in [0.1, 0.15) is 0 Å². The van der Waals surface area contributed by atoms with Gasteiger partial charge in [0.15, 0.2) is 0 Å². The molecule has 1 saturated heterocycles. The van der Waals surface area contributed by atoms with Gasteiger partial charge in [0.25, 0.3) is 0 Å². The molecule has 0 aromatic heterocycles. The van der Waals surface area contributed by atoms with Gasteiger partial charge in [0.05, 0.1) is 12.2 Å². The molecular weight excluding hydrogens is 366 g/mol. The average Bonchev–Trinajstić information content (AvgIpc) is 2.70. The van der Waals surface area contributed by atoms with E-state index in [2.05, 4.69) is 53.7 Å². The van der Waals surface area contributed by atoms with Crippen molar-refractivity contribution in [3.63, 3.8) is 0 Å². The molecule has 2 aromatic rings. The van der Waals surface area contributed by atoms with E-state index in [4.69, 9.17) is 0 Å². The monoisotopic (exact) mass is 395 g/mol. The van der Waals surface area contributed by atoms with Crippen LogP contribution in [0.4, 0.5) is 11.4 Å². The molecule has 0 saturated carbocycles. The van der Waals surface area contributed by atoms with Gasteiger partial charge < -0.3 is 10.2 Å². The maximum absolute atomic E-state index is 12.6. The fourth-order valence-corrected chi connectivity index (χ4v) is 4.21. The highest BCUT2D eigenvalue weighted by Gasteiger charge is 2.20. The molecule has 5 heteroatoms. The summed E-state index contributed by atoms with van der Waals surface area (Å²) in [6.45, 7) is 12.2. The minimum Gasteiger partial charge on any atom is -0.369 e. The Labute approximate surface area is 172 Å². The Morgan fingerprint density at radius 3 is 2.61 bits per heavy atom. The molecule has 28 heavy (non-hydrogen) atoms. The number of carbonyl (C=O) groups excluding carboxylic acids is 1. The molecule has 1 heterocycles. The summed E-state index contributed by atoms with van der Waals surface area (Å²) >= 11 is 1.68. The third kappa shape index (κ3) is 5.18. The molecule has 1 fully saturated rings. The second kappa shape index (κ2) is 9.80. The van der Waals surface area contributed by atoms with Crippen LogP contribution >= 0.6 is 11.8 Å². The molecule has 0 bridgehead atoms. The Hall–Kier alpha value is -2.24. The molecule has 1 aliphatic heterocycles. The normalized spacial score (nSPS) is 14.7. The van der Waals surface area contributed by atoms with E-state index in [1.165, 1.54) is 16.8 Å². The molecule has 2 aromatic carbocycles. The number of amides is 1. The quantitative estimate of drug-likeness (QED) is 0.559. The zero-order valence-corrected chi connectivity index (χ0v) is 17.6. The van der Waals surface area contributed by atoms with Crippen LogP contribution in [0.25, 0.3) is 0 Å². The number of hydrogen-bond donors (Lipinski definition) is 1. The molecule has 1 aliphatic rings. The highest BCUT2D eigenvalue weighted by molar-refractivity contribution is 7.99. The van der Waals surface area contributed by atoms with E-state index in [1.807, 2.05) is 30.3 Å². The van der Waals surface area contributed by atoms with E-state index in [-0.39, 0.29) is 5.91 Å². The lowest BCUT2D eigenvalue weighted by atomic mass is 10.1. The van der Waals surface area contributed by atoms with E-state index >= 15 is 0 Å². The predicted octanol–water partition coefficient (Wildman–Crippen LogP) is 4.34. The summed E-state index contributed by atoms with van der Waals surface area (Å²) < 4.78 is 0. The van der Waals surface area contributed by atoms with Crippen LogP contribution in [0.5, 0.6) is 0 Å². The summed E-state index contributed by atoms with van der Waals surface area (Å²) in [5, 5.41) is 3.08. The van der Waals surface area contributed by atoms with Crippen LogP contribution < -0.4 is 10.2 Å². The Bertz CT molecular complexity index is 828. The van der Waals surface area contributed by atoms with Gasteiger partial charge in [0, 0.05) is 42.5 Å². The zero-order valence-electron chi connectivity index (χ0n) is 16.8.